The second kappa shape index (κ2) is 5.30. The van der Waals surface area contributed by atoms with Crippen molar-refractivity contribution in [3.8, 4) is 0 Å². The van der Waals surface area contributed by atoms with Gasteiger partial charge in [0.2, 0.25) is 0 Å². The Balaban J connectivity index is 1.79. The largest absolute Gasteiger partial charge is 0.378 e. The number of ketones is 1. The van der Waals surface area contributed by atoms with E-state index in [2.05, 4.69) is 13.0 Å². The first-order valence-electron chi connectivity index (χ1n) is 7.43. The zero-order chi connectivity index (χ0) is 14.2. The van der Waals surface area contributed by atoms with Crippen molar-refractivity contribution in [2.24, 2.45) is 5.92 Å². The number of ether oxygens (including phenoxy) is 2. The van der Waals surface area contributed by atoms with E-state index in [0.717, 1.165) is 37.0 Å². The van der Waals surface area contributed by atoms with Crippen LogP contribution in [0.25, 0.3) is 0 Å². The zero-order valence-electron chi connectivity index (χ0n) is 12.3. The fraction of sp³-hybridized carbons (Fsp3) is 0.588. The van der Waals surface area contributed by atoms with Crippen molar-refractivity contribution in [3.63, 3.8) is 0 Å². The van der Waals surface area contributed by atoms with Crippen molar-refractivity contribution >= 4 is 5.78 Å². The molecule has 2 unspecified atom stereocenters. The molecule has 3 nitrogen and oxygen atoms in total. The summed E-state index contributed by atoms with van der Waals surface area (Å²) in [5.41, 5.74) is 2.96. The summed E-state index contributed by atoms with van der Waals surface area (Å²) in [4.78, 5) is 12.8. The van der Waals surface area contributed by atoms with Crippen molar-refractivity contribution in [2.45, 2.75) is 38.7 Å². The second-order valence-corrected chi connectivity index (χ2v) is 6.21. The van der Waals surface area contributed by atoms with Crippen LogP contribution < -0.4 is 0 Å². The maximum atomic E-state index is 12.8. The number of rotatable bonds is 2. The van der Waals surface area contributed by atoms with Gasteiger partial charge in [-0.1, -0.05) is 23.8 Å². The minimum absolute atomic E-state index is 0.0758. The van der Waals surface area contributed by atoms with Gasteiger partial charge in [0.1, 0.15) is 0 Å². The van der Waals surface area contributed by atoms with E-state index in [0.29, 0.717) is 13.2 Å². The topological polar surface area (TPSA) is 35.5 Å². The molecule has 108 valence electrons. The van der Waals surface area contributed by atoms with Gasteiger partial charge >= 0.3 is 0 Å². The first-order chi connectivity index (χ1) is 9.60. The molecule has 1 spiro atoms. The van der Waals surface area contributed by atoms with Crippen LogP contribution in [0, 0.1) is 19.8 Å². The third-order valence-electron chi connectivity index (χ3n) is 4.58. The average molecular weight is 274 g/mol. The molecule has 2 atom stereocenters. The number of hydrogen-bond acceptors (Lipinski definition) is 3. The molecular formula is C17H22O3. The molecule has 0 aliphatic carbocycles. The van der Waals surface area contributed by atoms with Gasteiger partial charge in [-0.25, -0.2) is 0 Å². The maximum Gasteiger partial charge on any atom is 0.166 e. The number of aryl methyl sites for hydroxylation is 2. The number of Topliss-reactive ketones (excluding diaryl/α,β-unsaturated/α-hetero) is 1. The van der Waals surface area contributed by atoms with Gasteiger partial charge in [0.25, 0.3) is 0 Å². The fourth-order valence-electron chi connectivity index (χ4n) is 3.42. The summed E-state index contributed by atoms with van der Waals surface area (Å²) in [5, 5.41) is 0. The van der Waals surface area contributed by atoms with E-state index in [4.69, 9.17) is 9.47 Å². The van der Waals surface area contributed by atoms with Gasteiger partial charge in [0.05, 0.1) is 12.2 Å². The molecule has 1 aromatic carbocycles. The fourth-order valence-corrected chi connectivity index (χ4v) is 3.42. The van der Waals surface area contributed by atoms with E-state index in [9.17, 15) is 4.79 Å². The monoisotopic (exact) mass is 274 g/mol. The highest BCUT2D eigenvalue weighted by atomic mass is 16.6. The van der Waals surface area contributed by atoms with Crippen LogP contribution in [-0.2, 0) is 9.47 Å². The SMILES string of the molecule is Cc1ccc(C(=O)C2CCOC3(CCOC3)C2)c(C)c1. The molecule has 2 fully saturated rings. The van der Waals surface area contributed by atoms with Gasteiger partial charge in [-0.05, 0) is 32.3 Å². The van der Waals surface area contributed by atoms with Crippen LogP contribution in [-0.4, -0.2) is 31.2 Å². The molecule has 0 N–H and O–H groups in total. The normalized spacial score (nSPS) is 29.8. The minimum atomic E-state index is -0.197. The lowest BCUT2D eigenvalue weighted by atomic mass is 9.80. The summed E-state index contributed by atoms with van der Waals surface area (Å²) in [6.45, 7) is 6.15. The second-order valence-electron chi connectivity index (χ2n) is 6.21. The van der Waals surface area contributed by atoms with Crippen LogP contribution in [0.1, 0.15) is 40.7 Å². The third kappa shape index (κ3) is 2.52. The molecule has 0 bridgehead atoms. The molecule has 0 aromatic heterocycles. The summed E-state index contributed by atoms with van der Waals surface area (Å²) in [5.74, 6) is 0.351. The highest BCUT2D eigenvalue weighted by Gasteiger charge is 2.43. The molecule has 0 amide bonds. The quantitative estimate of drug-likeness (QED) is 0.777. The summed E-state index contributed by atoms with van der Waals surface area (Å²) in [6.07, 6.45) is 2.55. The Labute approximate surface area is 120 Å². The van der Waals surface area contributed by atoms with Gasteiger partial charge in [-0.15, -0.1) is 0 Å². The summed E-state index contributed by atoms with van der Waals surface area (Å²) in [6, 6.07) is 6.08. The molecule has 3 rings (SSSR count). The van der Waals surface area contributed by atoms with E-state index in [1.807, 2.05) is 19.1 Å². The number of carbonyl (C=O) groups excluding carboxylic acids is 1. The van der Waals surface area contributed by atoms with E-state index in [-0.39, 0.29) is 17.3 Å². The van der Waals surface area contributed by atoms with E-state index >= 15 is 0 Å². The smallest absolute Gasteiger partial charge is 0.166 e. The van der Waals surface area contributed by atoms with Crippen LogP contribution in [0.3, 0.4) is 0 Å². The van der Waals surface area contributed by atoms with Crippen LogP contribution in [0.15, 0.2) is 18.2 Å². The average Bonchev–Trinajstić information content (AvgIpc) is 2.86. The summed E-state index contributed by atoms with van der Waals surface area (Å²) in [7, 11) is 0. The molecule has 20 heavy (non-hydrogen) atoms. The number of benzene rings is 1. The molecular weight excluding hydrogens is 252 g/mol. The molecule has 2 aliphatic heterocycles. The summed E-state index contributed by atoms with van der Waals surface area (Å²) >= 11 is 0. The third-order valence-corrected chi connectivity index (χ3v) is 4.58. The van der Waals surface area contributed by atoms with Crippen LogP contribution in [0.5, 0.6) is 0 Å². The predicted molar refractivity (Wildman–Crippen MR) is 77.1 cm³/mol. The van der Waals surface area contributed by atoms with E-state index < -0.39 is 0 Å². The Morgan fingerprint density at radius 3 is 2.85 bits per heavy atom. The Kier molecular flexibility index (Phi) is 3.65. The van der Waals surface area contributed by atoms with Crippen LogP contribution >= 0.6 is 0 Å². The standard InChI is InChI=1S/C17H22O3/c1-12-3-4-15(13(2)9-12)16(18)14-5-7-20-17(10-14)6-8-19-11-17/h3-4,9,14H,5-8,10-11H2,1-2H3. The maximum absolute atomic E-state index is 12.8. The molecule has 1 aromatic rings. The van der Waals surface area contributed by atoms with Gasteiger partial charge in [0, 0.05) is 31.1 Å². The molecule has 2 aliphatic rings. The first kappa shape index (κ1) is 13.8. The first-order valence-corrected chi connectivity index (χ1v) is 7.43. The predicted octanol–water partition coefficient (Wildman–Crippen LogP) is 3.07. The molecule has 0 saturated carbocycles. The summed E-state index contributed by atoms with van der Waals surface area (Å²) < 4.78 is 11.4. The van der Waals surface area contributed by atoms with Crippen molar-refractivity contribution in [3.05, 3.63) is 34.9 Å². The Hall–Kier alpha value is -1.19. The Morgan fingerprint density at radius 2 is 2.15 bits per heavy atom. The highest BCUT2D eigenvalue weighted by Crippen LogP contribution is 2.37. The molecule has 0 radical (unpaired) electrons. The van der Waals surface area contributed by atoms with Gasteiger partial charge in [0.15, 0.2) is 5.78 Å². The van der Waals surface area contributed by atoms with Crippen LogP contribution in [0.4, 0.5) is 0 Å². The van der Waals surface area contributed by atoms with Crippen molar-refractivity contribution in [2.75, 3.05) is 19.8 Å². The lowest BCUT2D eigenvalue weighted by molar-refractivity contribution is -0.0920. The highest BCUT2D eigenvalue weighted by molar-refractivity contribution is 5.99. The van der Waals surface area contributed by atoms with Crippen molar-refractivity contribution in [1.29, 1.82) is 0 Å². The molecule has 2 saturated heterocycles. The van der Waals surface area contributed by atoms with Crippen molar-refractivity contribution in [1.82, 2.24) is 0 Å². The molecule has 2 heterocycles. The number of hydrogen-bond donors (Lipinski definition) is 0. The van der Waals surface area contributed by atoms with Gasteiger partial charge in [-0.2, -0.15) is 0 Å². The van der Waals surface area contributed by atoms with E-state index in [1.165, 1.54) is 5.56 Å². The van der Waals surface area contributed by atoms with Crippen molar-refractivity contribution < 1.29 is 14.3 Å². The number of carbonyl (C=O) groups is 1. The van der Waals surface area contributed by atoms with E-state index in [1.54, 1.807) is 0 Å². The Morgan fingerprint density at radius 1 is 1.30 bits per heavy atom. The lowest BCUT2D eigenvalue weighted by Crippen LogP contribution is -2.42. The lowest BCUT2D eigenvalue weighted by Gasteiger charge is -2.36. The van der Waals surface area contributed by atoms with Gasteiger partial charge in [-0.3, -0.25) is 4.79 Å². The van der Waals surface area contributed by atoms with Gasteiger partial charge < -0.3 is 9.47 Å². The Bertz CT molecular complexity index is 515. The minimum Gasteiger partial charge on any atom is -0.378 e. The zero-order valence-corrected chi connectivity index (χ0v) is 12.3. The molecule has 3 heteroatoms. The van der Waals surface area contributed by atoms with Crippen LogP contribution in [0.2, 0.25) is 0 Å².